The van der Waals surface area contributed by atoms with Gasteiger partial charge in [0.05, 0.1) is 0 Å². The Morgan fingerprint density at radius 2 is 2.13 bits per heavy atom. The molecule has 1 fully saturated rings. The molecule has 1 saturated carbocycles. The molecule has 1 rings (SSSR count). The molecular weight excluding hydrogens is 254 g/mol. The molecule has 1 aliphatic carbocycles. The maximum Gasteiger partial charge on any atom is 0.220 e. The Kier molecular flexibility index (Phi) is 6.30. The molecule has 0 aromatic heterocycles. The summed E-state index contributed by atoms with van der Waals surface area (Å²) in [5.41, 5.74) is 0. The number of carbonyl (C=O) groups excluding carboxylic acids is 1. The topological polar surface area (TPSA) is 29.1 Å². The maximum absolute atomic E-state index is 11.6. The van der Waals surface area contributed by atoms with Crippen molar-refractivity contribution in [1.82, 2.24) is 5.32 Å². The van der Waals surface area contributed by atoms with E-state index < -0.39 is 0 Å². The van der Waals surface area contributed by atoms with Crippen molar-refractivity contribution in [2.75, 3.05) is 5.33 Å². The summed E-state index contributed by atoms with van der Waals surface area (Å²) in [5, 5.41) is 4.11. The Hall–Kier alpha value is -0.0500. The lowest BCUT2D eigenvalue weighted by molar-refractivity contribution is -0.122. The quantitative estimate of drug-likeness (QED) is 0.741. The van der Waals surface area contributed by atoms with Gasteiger partial charge in [0.15, 0.2) is 0 Å². The van der Waals surface area contributed by atoms with Crippen LogP contribution in [0.3, 0.4) is 0 Å². The molecule has 0 saturated heterocycles. The first-order valence-electron chi connectivity index (χ1n) is 6.07. The van der Waals surface area contributed by atoms with Crippen LogP contribution in [0.1, 0.15) is 51.9 Å². The summed E-state index contributed by atoms with van der Waals surface area (Å²) < 4.78 is 0. The van der Waals surface area contributed by atoms with Gasteiger partial charge < -0.3 is 5.32 Å². The third kappa shape index (κ3) is 5.55. The maximum atomic E-state index is 11.6. The van der Waals surface area contributed by atoms with Gasteiger partial charge in [0, 0.05) is 17.8 Å². The molecule has 0 aromatic carbocycles. The molecule has 1 atom stereocenters. The van der Waals surface area contributed by atoms with E-state index in [1.807, 2.05) is 0 Å². The smallest absolute Gasteiger partial charge is 0.220 e. The third-order valence-corrected chi connectivity index (χ3v) is 3.69. The summed E-state index contributed by atoms with van der Waals surface area (Å²) in [7, 11) is 0. The first-order valence-corrected chi connectivity index (χ1v) is 7.20. The molecule has 1 aliphatic rings. The zero-order chi connectivity index (χ0) is 11.1. The zero-order valence-electron chi connectivity index (χ0n) is 9.60. The summed E-state index contributed by atoms with van der Waals surface area (Å²) >= 11 is 3.40. The van der Waals surface area contributed by atoms with E-state index in [0.29, 0.717) is 12.0 Å². The van der Waals surface area contributed by atoms with Gasteiger partial charge in [-0.3, -0.25) is 4.79 Å². The highest BCUT2D eigenvalue weighted by Crippen LogP contribution is 2.27. The number of hydrogen-bond acceptors (Lipinski definition) is 1. The monoisotopic (exact) mass is 275 g/mol. The van der Waals surface area contributed by atoms with Crippen LogP contribution in [0.4, 0.5) is 0 Å². The fourth-order valence-electron chi connectivity index (χ4n) is 2.27. The second-order valence-corrected chi connectivity index (χ2v) is 5.45. The van der Waals surface area contributed by atoms with Crippen LogP contribution in [0.15, 0.2) is 0 Å². The average molecular weight is 276 g/mol. The molecule has 0 spiro atoms. The predicted octanol–water partition coefficient (Wildman–Crippen LogP) is 3.25. The summed E-state index contributed by atoms with van der Waals surface area (Å²) in [6.45, 7) is 2.09. The molecule has 0 heterocycles. The summed E-state index contributed by atoms with van der Waals surface area (Å²) in [6.07, 6.45) is 8.09. The number of halogens is 1. The van der Waals surface area contributed by atoms with Gasteiger partial charge in [0.25, 0.3) is 0 Å². The average Bonchev–Trinajstić information content (AvgIpc) is 2.67. The summed E-state index contributed by atoms with van der Waals surface area (Å²) in [4.78, 5) is 11.6. The van der Waals surface area contributed by atoms with Gasteiger partial charge in [-0.05, 0) is 38.5 Å². The number of carbonyl (C=O) groups is 1. The Balaban J connectivity index is 2.11. The minimum absolute atomic E-state index is 0.254. The van der Waals surface area contributed by atoms with Gasteiger partial charge in [0.1, 0.15) is 0 Å². The van der Waals surface area contributed by atoms with Crippen molar-refractivity contribution in [3.63, 3.8) is 0 Å². The van der Waals surface area contributed by atoms with Gasteiger partial charge >= 0.3 is 0 Å². The molecule has 3 heteroatoms. The van der Waals surface area contributed by atoms with Crippen LogP contribution in [0.25, 0.3) is 0 Å². The second-order valence-electron chi connectivity index (χ2n) is 4.65. The third-order valence-electron chi connectivity index (χ3n) is 3.13. The van der Waals surface area contributed by atoms with E-state index in [4.69, 9.17) is 0 Å². The fourth-order valence-corrected chi connectivity index (χ4v) is 2.59. The van der Waals surface area contributed by atoms with Gasteiger partial charge in [0.2, 0.25) is 5.91 Å². The molecule has 1 amide bonds. The molecule has 2 nitrogen and oxygen atoms in total. The van der Waals surface area contributed by atoms with Crippen LogP contribution >= 0.6 is 15.9 Å². The fraction of sp³-hybridized carbons (Fsp3) is 0.917. The van der Waals surface area contributed by atoms with E-state index in [0.717, 1.165) is 24.6 Å². The van der Waals surface area contributed by atoms with E-state index in [2.05, 4.69) is 28.2 Å². The van der Waals surface area contributed by atoms with E-state index in [-0.39, 0.29) is 5.91 Å². The Morgan fingerprint density at radius 1 is 1.47 bits per heavy atom. The Labute approximate surface area is 101 Å². The lowest BCUT2D eigenvalue weighted by Crippen LogP contribution is -2.33. The van der Waals surface area contributed by atoms with Crippen LogP contribution in [-0.2, 0) is 4.79 Å². The highest BCUT2D eigenvalue weighted by molar-refractivity contribution is 9.09. The molecule has 0 aliphatic heterocycles. The van der Waals surface area contributed by atoms with Crippen LogP contribution < -0.4 is 5.32 Å². The first kappa shape index (κ1) is 13.0. The standard InChI is InChI=1S/C12H22BrNO/c1-10(5-4-8-13)14-12(15)9-11-6-2-3-7-11/h10-11H,2-9H2,1H3,(H,14,15). The second kappa shape index (κ2) is 7.26. The van der Waals surface area contributed by atoms with Crippen molar-refractivity contribution in [2.45, 2.75) is 57.9 Å². The first-order chi connectivity index (χ1) is 7.22. The van der Waals surface area contributed by atoms with Crippen molar-refractivity contribution in [2.24, 2.45) is 5.92 Å². The number of amides is 1. The minimum Gasteiger partial charge on any atom is -0.354 e. The van der Waals surface area contributed by atoms with E-state index in [1.165, 1.54) is 25.7 Å². The van der Waals surface area contributed by atoms with Crippen molar-refractivity contribution in [1.29, 1.82) is 0 Å². The van der Waals surface area contributed by atoms with Gasteiger partial charge in [-0.2, -0.15) is 0 Å². The summed E-state index contributed by atoms with van der Waals surface area (Å²) in [6, 6.07) is 0.330. The lowest BCUT2D eigenvalue weighted by atomic mass is 10.0. The molecular formula is C12H22BrNO. The molecule has 15 heavy (non-hydrogen) atoms. The normalized spacial score (nSPS) is 19.1. The van der Waals surface area contributed by atoms with Crippen molar-refractivity contribution in [3.8, 4) is 0 Å². The van der Waals surface area contributed by atoms with E-state index in [1.54, 1.807) is 0 Å². The molecule has 1 N–H and O–H groups in total. The van der Waals surface area contributed by atoms with Crippen molar-refractivity contribution < 1.29 is 4.79 Å². The molecule has 88 valence electrons. The van der Waals surface area contributed by atoms with E-state index >= 15 is 0 Å². The minimum atomic E-state index is 0.254. The zero-order valence-corrected chi connectivity index (χ0v) is 11.2. The van der Waals surface area contributed by atoms with Gasteiger partial charge in [-0.25, -0.2) is 0 Å². The molecule has 0 radical (unpaired) electrons. The van der Waals surface area contributed by atoms with Crippen molar-refractivity contribution in [3.05, 3.63) is 0 Å². The van der Waals surface area contributed by atoms with Crippen LogP contribution in [0, 0.1) is 5.92 Å². The lowest BCUT2D eigenvalue weighted by Gasteiger charge is -2.15. The number of alkyl halides is 1. The molecule has 0 aromatic rings. The highest BCUT2D eigenvalue weighted by atomic mass is 79.9. The van der Waals surface area contributed by atoms with Gasteiger partial charge in [-0.15, -0.1) is 0 Å². The van der Waals surface area contributed by atoms with Crippen LogP contribution in [0.5, 0.6) is 0 Å². The Bertz CT molecular complexity index is 190. The van der Waals surface area contributed by atoms with Crippen LogP contribution in [0.2, 0.25) is 0 Å². The van der Waals surface area contributed by atoms with Crippen molar-refractivity contribution >= 4 is 21.8 Å². The molecule has 1 unspecified atom stereocenters. The molecule has 0 bridgehead atoms. The number of hydrogen-bond donors (Lipinski definition) is 1. The largest absolute Gasteiger partial charge is 0.354 e. The SMILES string of the molecule is CC(CCCBr)NC(=O)CC1CCCC1. The van der Waals surface area contributed by atoms with E-state index in [9.17, 15) is 4.79 Å². The predicted molar refractivity (Wildman–Crippen MR) is 67.2 cm³/mol. The highest BCUT2D eigenvalue weighted by Gasteiger charge is 2.18. The number of rotatable bonds is 6. The Morgan fingerprint density at radius 3 is 2.73 bits per heavy atom. The summed E-state index contributed by atoms with van der Waals surface area (Å²) in [5.74, 6) is 0.914. The van der Waals surface area contributed by atoms with Crippen LogP contribution in [-0.4, -0.2) is 17.3 Å². The number of nitrogens with one attached hydrogen (secondary N) is 1. The van der Waals surface area contributed by atoms with Gasteiger partial charge in [-0.1, -0.05) is 28.8 Å².